The van der Waals surface area contributed by atoms with Crippen LogP contribution in [0, 0.1) is 6.92 Å². The summed E-state index contributed by atoms with van der Waals surface area (Å²) in [7, 11) is 0. The summed E-state index contributed by atoms with van der Waals surface area (Å²) in [5, 5.41) is 13.1. The number of rotatable bonds is 8. The minimum atomic E-state index is 0.134. The second-order valence-electron chi connectivity index (χ2n) is 5.52. The van der Waals surface area contributed by atoms with Crippen molar-refractivity contribution in [2.45, 2.75) is 20.4 Å². The SMILES string of the molecule is C/C=C(\C=C/NCCO)/C=C/c1c(C)n(CCS)c2ccccc12. The molecule has 0 spiro atoms. The van der Waals surface area contributed by atoms with Gasteiger partial charge in [0.15, 0.2) is 0 Å². The number of aryl methyl sites for hydroxylation is 1. The highest BCUT2D eigenvalue weighted by Crippen LogP contribution is 2.27. The molecule has 0 aliphatic heterocycles. The van der Waals surface area contributed by atoms with Crippen LogP contribution in [0.25, 0.3) is 17.0 Å². The number of aliphatic hydroxyl groups is 1. The number of hydrogen-bond donors (Lipinski definition) is 3. The molecule has 1 heterocycles. The molecule has 0 saturated heterocycles. The number of fused-ring (bicyclic) bond motifs is 1. The highest BCUT2D eigenvalue weighted by molar-refractivity contribution is 7.80. The van der Waals surface area contributed by atoms with E-state index in [4.69, 9.17) is 5.11 Å². The topological polar surface area (TPSA) is 37.2 Å². The zero-order valence-electron chi connectivity index (χ0n) is 14.4. The Morgan fingerprint density at radius 2 is 2.08 bits per heavy atom. The number of para-hydroxylation sites is 1. The second kappa shape index (κ2) is 9.40. The van der Waals surface area contributed by atoms with Gasteiger partial charge in [-0.25, -0.2) is 0 Å². The molecule has 0 atom stereocenters. The summed E-state index contributed by atoms with van der Waals surface area (Å²) in [5.74, 6) is 0.821. The van der Waals surface area contributed by atoms with Crippen molar-refractivity contribution in [1.82, 2.24) is 9.88 Å². The number of thiol groups is 1. The molecule has 0 saturated carbocycles. The Labute approximate surface area is 149 Å². The summed E-state index contributed by atoms with van der Waals surface area (Å²) in [4.78, 5) is 0. The maximum atomic E-state index is 8.79. The summed E-state index contributed by atoms with van der Waals surface area (Å²) in [6, 6.07) is 8.50. The van der Waals surface area contributed by atoms with E-state index >= 15 is 0 Å². The van der Waals surface area contributed by atoms with Crippen LogP contribution >= 0.6 is 12.6 Å². The highest BCUT2D eigenvalue weighted by Gasteiger charge is 2.10. The molecule has 3 nitrogen and oxygen atoms in total. The molecule has 1 aromatic heterocycles. The van der Waals surface area contributed by atoms with E-state index in [0.29, 0.717) is 6.54 Å². The van der Waals surface area contributed by atoms with E-state index in [-0.39, 0.29) is 6.61 Å². The lowest BCUT2D eigenvalue weighted by atomic mass is 10.1. The third kappa shape index (κ3) is 4.34. The number of aliphatic hydroxyl groups excluding tert-OH is 1. The van der Waals surface area contributed by atoms with Crippen LogP contribution in [0.5, 0.6) is 0 Å². The van der Waals surface area contributed by atoms with Gasteiger partial charge in [0.25, 0.3) is 0 Å². The van der Waals surface area contributed by atoms with Crippen molar-refractivity contribution in [2.24, 2.45) is 0 Å². The molecular weight excluding hydrogens is 316 g/mol. The van der Waals surface area contributed by atoms with Gasteiger partial charge in [-0.15, -0.1) is 0 Å². The Morgan fingerprint density at radius 1 is 1.29 bits per heavy atom. The van der Waals surface area contributed by atoms with Crippen molar-refractivity contribution in [3.05, 3.63) is 65.5 Å². The minimum Gasteiger partial charge on any atom is -0.395 e. The van der Waals surface area contributed by atoms with Crippen LogP contribution in [0.1, 0.15) is 18.2 Å². The Hall–Kier alpha value is -1.91. The molecule has 0 unspecified atom stereocenters. The molecule has 0 aliphatic rings. The standard InChI is InChI=1S/C20H26N2OS/c1-3-17(10-11-21-12-14-23)8-9-18-16(2)22(13-15-24)20-7-5-4-6-19(18)20/h3-11,21,23-24H,12-15H2,1-2H3/b9-8+,11-10-,17-3-. The first-order valence-corrected chi connectivity index (χ1v) is 8.90. The van der Waals surface area contributed by atoms with Crippen molar-refractivity contribution < 1.29 is 5.11 Å². The van der Waals surface area contributed by atoms with Gasteiger partial charge in [-0.05, 0) is 37.8 Å². The Balaban J connectivity index is 2.31. The van der Waals surface area contributed by atoms with E-state index in [1.807, 2.05) is 19.2 Å². The molecule has 0 bridgehead atoms. The number of allylic oxidation sites excluding steroid dienone is 4. The van der Waals surface area contributed by atoms with Crippen LogP contribution in [0.4, 0.5) is 0 Å². The third-order valence-corrected chi connectivity index (χ3v) is 4.23. The molecule has 2 aromatic rings. The lowest BCUT2D eigenvalue weighted by Crippen LogP contribution is -2.10. The number of aromatic nitrogens is 1. The fourth-order valence-electron chi connectivity index (χ4n) is 2.79. The number of benzene rings is 1. The molecule has 2 N–H and O–H groups in total. The van der Waals surface area contributed by atoms with E-state index in [1.165, 1.54) is 22.2 Å². The highest BCUT2D eigenvalue weighted by atomic mass is 32.1. The monoisotopic (exact) mass is 342 g/mol. The normalized spacial score (nSPS) is 12.8. The molecule has 0 aliphatic carbocycles. The van der Waals surface area contributed by atoms with Gasteiger partial charge in [0, 0.05) is 41.0 Å². The van der Waals surface area contributed by atoms with Crippen LogP contribution < -0.4 is 5.32 Å². The fraction of sp³-hybridized carbons (Fsp3) is 0.300. The summed E-state index contributed by atoms with van der Waals surface area (Å²) in [6.07, 6.45) is 10.2. The van der Waals surface area contributed by atoms with Gasteiger partial charge in [-0.2, -0.15) is 12.6 Å². The molecule has 1 aromatic carbocycles. The zero-order valence-corrected chi connectivity index (χ0v) is 15.3. The van der Waals surface area contributed by atoms with E-state index < -0.39 is 0 Å². The smallest absolute Gasteiger partial charge is 0.0603 e. The van der Waals surface area contributed by atoms with Gasteiger partial charge in [0.2, 0.25) is 0 Å². The van der Waals surface area contributed by atoms with E-state index in [2.05, 4.69) is 71.9 Å². The van der Waals surface area contributed by atoms with Crippen LogP contribution in [-0.4, -0.2) is 28.6 Å². The Bertz CT molecular complexity index is 756. The summed E-state index contributed by atoms with van der Waals surface area (Å²) < 4.78 is 2.33. The van der Waals surface area contributed by atoms with Crippen LogP contribution in [-0.2, 0) is 6.54 Å². The number of hydrogen-bond acceptors (Lipinski definition) is 3. The number of nitrogens with zero attached hydrogens (tertiary/aromatic N) is 1. The first-order chi connectivity index (χ1) is 11.7. The summed E-state index contributed by atoms with van der Waals surface area (Å²) in [5.41, 5.74) is 4.89. The lowest BCUT2D eigenvalue weighted by molar-refractivity contribution is 0.298. The Morgan fingerprint density at radius 3 is 2.79 bits per heavy atom. The average Bonchev–Trinajstić information content (AvgIpc) is 2.87. The van der Waals surface area contributed by atoms with E-state index in [0.717, 1.165) is 17.9 Å². The van der Waals surface area contributed by atoms with Crippen LogP contribution in [0.15, 0.2) is 54.3 Å². The van der Waals surface area contributed by atoms with Gasteiger partial charge in [0.05, 0.1) is 6.61 Å². The van der Waals surface area contributed by atoms with Gasteiger partial charge >= 0.3 is 0 Å². The molecular formula is C20H26N2OS. The van der Waals surface area contributed by atoms with Gasteiger partial charge in [0.1, 0.15) is 0 Å². The predicted octanol–water partition coefficient (Wildman–Crippen LogP) is 3.93. The number of nitrogens with one attached hydrogen (secondary N) is 1. The Kier molecular flexibility index (Phi) is 7.22. The first kappa shape index (κ1) is 18.4. The maximum Gasteiger partial charge on any atom is 0.0603 e. The van der Waals surface area contributed by atoms with Crippen molar-refractivity contribution in [3.63, 3.8) is 0 Å². The maximum absolute atomic E-state index is 8.79. The molecule has 24 heavy (non-hydrogen) atoms. The minimum absolute atomic E-state index is 0.134. The average molecular weight is 343 g/mol. The van der Waals surface area contributed by atoms with E-state index in [9.17, 15) is 0 Å². The van der Waals surface area contributed by atoms with Crippen LogP contribution in [0.2, 0.25) is 0 Å². The van der Waals surface area contributed by atoms with Crippen molar-refractivity contribution in [1.29, 1.82) is 0 Å². The second-order valence-corrected chi connectivity index (χ2v) is 5.97. The molecule has 128 valence electrons. The quantitative estimate of drug-likeness (QED) is 0.386. The summed E-state index contributed by atoms with van der Waals surface area (Å²) >= 11 is 4.39. The predicted molar refractivity (Wildman–Crippen MR) is 108 cm³/mol. The third-order valence-electron chi connectivity index (χ3n) is 4.03. The molecule has 0 amide bonds. The van der Waals surface area contributed by atoms with Crippen molar-refractivity contribution in [2.75, 3.05) is 18.9 Å². The fourth-order valence-corrected chi connectivity index (χ4v) is 2.99. The lowest BCUT2D eigenvalue weighted by Gasteiger charge is -2.05. The largest absolute Gasteiger partial charge is 0.395 e. The molecule has 2 rings (SSSR count). The van der Waals surface area contributed by atoms with Gasteiger partial charge in [-0.1, -0.05) is 36.4 Å². The first-order valence-electron chi connectivity index (χ1n) is 8.26. The van der Waals surface area contributed by atoms with Crippen molar-refractivity contribution in [3.8, 4) is 0 Å². The van der Waals surface area contributed by atoms with Gasteiger partial charge < -0.3 is 15.0 Å². The van der Waals surface area contributed by atoms with Crippen molar-refractivity contribution >= 4 is 29.6 Å². The summed E-state index contributed by atoms with van der Waals surface area (Å²) in [6.45, 7) is 5.79. The van der Waals surface area contributed by atoms with Crippen LogP contribution in [0.3, 0.4) is 0 Å². The zero-order chi connectivity index (χ0) is 17.4. The molecule has 4 heteroatoms. The van der Waals surface area contributed by atoms with Gasteiger partial charge in [-0.3, -0.25) is 0 Å². The molecule has 0 radical (unpaired) electrons. The van der Waals surface area contributed by atoms with E-state index in [1.54, 1.807) is 0 Å². The molecule has 0 fully saturated rings.